The van der Waals surface area contributed by atoms with E-state index >= 15 is 0 Å². The third-order valence-electron chi connectivity index (χ3n) is 2.92. The maximum absolute atomic E-state index is 11.6. The molecule has 0 saturated heterocycles. The van der Waals surface area contributed by atoms with Gasteiger partial charge in [-0.3, -0.25) is 4.79 Å². The van der Waals surface area contributed by atoms with Crippen molar-refractivity contribution in [2.45, 2.75) is 39.2 Å². The highest BCUT2D eigenvalue weighted by Gasteiger charge is 2.17. The highest BCUT2D eigenvalue weighted by Crippen LogP contribution is 2.09. The lowest BCUT2D eigenvalue weighted by Crippen LogP contribution is -2.40. The molecule has 1 aromatic rings. The first-order valence-electron chi connectivity index (χ1n) is 6.11. The monoisotopic (exact) mass is 249 g/mol. The molecular formula is C14H19NO3. The van der Waals surface area contributed by atoms with Gasteiger partial charge in [-0.25, -0.2) is 4.79 Å². The molecule has 0 aliphatic carbocycles. The molecule has 1 amide bonds. The van der Waals surface area contributed by atoms with Crippen LogP contribution in [0.2, 0.25) is 0 Å². The molecule has 2 N–H and O–H groups in total. The van der Waals surface area contributed by atoms with Gasteiger partial charge in [0.1, 0.15) is 6.04 Å². The van der Waals surface area contributed by atoms with Crippen molar-refractivity contribution >= 4 is 11.9 Å². The zero-order valence-corrected chi connectivity index (χ0v) is 10.8. The quantitative estimate of drug-likeness (QED) is 0.809. The predicted molar refractivity (Wildman–Crippen MR) is 69.4 cm³/mol. The Balaban J connectivity index is 2.47. The summed E-state index contributed by atoms with van der Waals surface area (Å²) in [5, 5.41) is 11.4. The molecule has 0 spiro atoms. The van der Waals surface area contributed by atoms with Crippen molar-refractivity contribution in [3.8, 4) is 0 Å². The standard InChI is InChI=1S/C14H19NO3/c1-3-12(14(17)18)15-13(16)9-8-11-7-5-4-6-10(11)2/h4-7,12H,3,8-9H2,1-2H3,(H,15,16)(H,17,18)/t12-/m1/s1. The summed E-state index contributed by atoms with van der Waals surface area (Å²) in [6.07, 6.45) is 1.34. The van der Waals surface area contributed by atoms with E-state index in [2.05, 4.69) is 5.32 Å². The first-order chi connectivity index (χ1) is 8.54. The lowest BCUT2D eigenvalue weighted by Gasteiger charge is -2.12. The highest BCUT2D eigenvalue weighted by molar-refractivity contribution is 5.83. The second kappa shape index (κ2) is 6.79. The van der Waals surface area contributed by atoms with Gasteiger partial charge in [0.15, 0.2) is 0 Å². The Kier molecular flexibility index (Phi) is 5.36. The molecule has 0 radical (unpaired) electrons. The van der Waals surface area contributed by atoms with Crippen LogP contribution >= 0.6 is 0 Å². The molecule has 4 heteroatoms. The maximum atomic E-state index is 11.6. The van der Waals surface area contributed by atoms with Crippen LogP contribution in [0, 0.1) is 6.92 Å². The van der Waals surface area contributed by atoms with E-state index in [0.29, 0.717) is 19.3 Å². The third-order valence-corrected chi connectivity index (χ3v) is 2.92. The van der Waals surface area contributed by atoms with Crippen molar-refractivity contribution in [3.63, 3.8) is 0 Å². The van der Waals surface area contributed by atoms with Crippen LogP contribution in [-0.2, 0) is 16.0 Å². The van der Waals surface area contributed by atoms with E-state index in [9.17, 15) is 9.59 Å². The average Bonchev–Trinajstić information content (AvgIpc) is 2.34. The number of carbonyl (C=O) groups excluding carboxylic acids is 1. The van der Waals surface area contributed by atoms with Crippen LogP contribution in [0.1, 0.15) is 30.9 Å². The number of aryl methyl sites for hydroxylation is 2. The summed E-state index contributed by atoms with van der Waals surface area (Å²) in [5.41, 5.74) is 2.27. The number of carboxylic acid groups (broad SMARTS) is 1. The van der Waals surface area contributed by atoms with Gasteiger partial charge in [0, 0.05) is 6.42 Å². The summed E-state index contributed by atoms with van der Waals surface area (Å²) < 4.78 is 0. The van der Waals surface area contributed by atoms with Crippen molar-refractivity contribution in [1.29, 1.82) is 0 Å². The molecule has 98 valence electrons. The Morgan fingerprint density at radius 3 is 2.56 bits per heavy atom. The van der Waals surface area contributed by atoms with Crippen LogP contribution in [-0.4, -0.2) is 23.0 Å². The highest BCUT2D eigenvalue weighted by atomic mass is 16.4. The van der Waals surface area contributed by atoms with Gasteiger partial charge in [0.2, 0.25) is 5.91 Å². The van der Waals surface area contributed by atoms with E-state index in [1.165, 1.54) is 0 Å². The minimum absolute atomic E-state index is 0.215. The van der Waals surface area contributed by atoms with Gasteiger partial charge in [-0.2, -0.15) is 0 Å². The fourth-order valence-electron chi connectivity index (χ4n) is 1.74. The van der Waals surface area contributed by atoms with Gasteiger partial charge >= 0.3 is 5.97 Å². The SMILES string of the molecule is CC[C@@H](NC(=O)CCc1ccccc1C)C(=O)O. The molecule has 1 aromatic carbocycles. The first kappa shape index (κ1) is 14.2. The smallest absolute Gasteiger partial charge is 0.326 e. The topological polar surface area (TPSA) is 66.4 Å². The Hall–Kier alpha value is -1.84. The van der Waals surface area contributed by atoms with Gasteiger partial charge < -0.3 is 10.4 Å². The average molecular weight is 249 g/mol. The minimum atomic E-state index is -0.984. The van der Waals surface area contributed by atoms with Gasteiger partial charge in [-0.15, -0.1) is 0 Å². The van der Waals surface area contributed by atoms with E-state index in [-0.39, 0.29) is 5.91 Å². The Morgan fingerprint density at radius 1 is 1.33 bits per heavy atom. The van der Waals surface area contributed by atoms with Crippen molar-refractivity contribution in [3.05, 3.63) is 35.4 Å². The van der Waals surface area contributed by atoms with Gasteiger partial charge in [-0.05, 0) is 30.9 Å². The van der Waals surface area contributed by atoms with Crippen LogP contribution in [0.3, 0.4) is 0 Å². The Bertz CT molecular complexity index is 429. The van der Waals surface area contributed by atoms with Crippen LogP contribution in [0.4, 0.5) is 0 Å². The Morgan fingerprint density at radius 2 is 2.00 bits per heavy atom. The number of amides is 1. The molecule has 18 heavy (non-hydrogen) atoms. The van der Waals surface area contributed by atoms with E-state index in [1.54, 1.807) is 6.92 Å². The number of nitrogens with one attached hydrogen (secondary N) is 1. The number of aliphatic carboxylic acids is 1. The van der Waals surface area contributed by atoms with Crippen molar-refractivity contribution in [2.24, 2.45) is 0 Å². The first-order valence-corrected chi connectivity index (χ1v) is 6.11. The normalized spacial score (nSPS) is 11.9. The maximum Gasteiger partial charge on any atom is 0.326 e. The molecule has 0 heterocycles. The molecule has 1 rings (SSSR count). The second-order valence-corrected chi connectivity index (χ2v) is 4.29. The zero-order chi connectivity index (χ0) is 13.5. The summed E-state index contributed by atoms with van der Waals surface area (Å²) in [5.74, 6) is -1.20. The summed E-state index contributed by atoms with van der Waals surface area (Å²) in [6.45, 7) is 3.74. The van der Waals surface area contributed by atoms with Crippen LogP contribution in [0.15, 0.2) is 24.3 Å². The van der Waals surface area contributed by atoms with Gasteiger partial charge in [-0.1, -0.05) is 31.2 Å². The van der Waals surface area contributed by atoms with Crippen LogP contribution in [0.25, 0.3) is 0 Å². The molecule has 0 aliphatic heterocycles. The molecule has 0 bridgehead atoms. The van der Waals surface area contributed by atoms with E-state index in [4.69, 9.17) is 5.11 Å². The number of carbonyl (C=O) groups is 2. The fraction of sp³-hybridized carbons (Fsp3) is 0.429. The largest absolute Gasteiger partial charge is 0.480 e. The van der Waals surface area contributed by atoms with Crippen molar-refractivity contribution in [1.82, 2.24) is 5.32 Å². The fourth-order valence-corrected chi connectivity index (χ4v) is 1.74. The van der Waals surface area contributed by atoms with Crippen molar-refractivity contribution < 1.29 is 14.7 Å². The molecular weight excluding hydrogens is 230 g/mol. The molecule has 0 aromatic heterocycles. The summed E-state index contributed by atoms with van der Waals surface area (Å²) >= 11 is 0. The van der Waals surface area contributed by atoms with Crippen molar-refractivity contribution in [2.75, 3.05) is 0 Å². The van der Waals surface area contributed by atoms with Gasteiger partial charge in [0.25, 0.3) is 0 Å². The summed E-state index contributed by atoms with van der Waals surface area (Å²) in [7, 11) is 0. The summed E-state index contributed by atoms with van der Waals surface area (Å²) in [4.78, 5) is 22.4. The second-order valence-electron chi connectivity index (χ2n) is 4.29. The van der Waals surface area contributed by atoms with E-state index in [1.807, 2.05) is 31.2 Å². The predicted octanol–water partition coefficient (Wildman–Crippen LogP) is 1.91. The third kappa shape index (κ3) is 4.20. The lowest BCUT2D eigenvalue weighted by molar-refractivity contribution is -0.141. The van der Waals surface area contributed by atoms with E-state index in [0.717, 1.165) is 11.1 Å². The Labute approximate surface area is 107 Å². The van der Waals surface area contributed by atoms with Gasteiger partial charge in [0.05, 0.1) is 0 Å². The number of hydrogen-bond donors (Lipinski definition) is 2. The minimum Gasteiger partial charge on any atom is -0.480 e. The number of hydrogen-bond acceptors (Lipinski definition) is 2. The molecule has 0 saturated carbocycles. The zero-order valence-electron chi connectivity index (χ0n) is 10.8. The number of benzene rings is 1. The van der Waals surface area contributed by atoms with Crippen LogP contribution in [0.5, 0.6) is 0 Å². The van der Waals surface area contributed by atoms with Crippen LogP contribution < -0.4 is 5.32 Å². The molecule has 0 aliphatic rings. The number of carboxylic acids is 1. The molecule has 0 unspecified atom stereocenters. The number of rotatable bonds is 6. The summed E-state index contributed by atoms with van der Waals surface area (Å²) in [6, 6.07) is 7.09. The molecule has 4 nitrogen and oxygen atoms in total. The molecule has 0 fully saturated rings. The van der Waals surface area contributed by atoms with E-state index < -0.39 is 12.0 Å². The lowest BCUT2D eigenvalue weighted by atomic mass is 10.0. The molecule has 1 atom stereocenters.